The first-order chi connectivity index (χ1) is 9.91. The average Bonchev–Trinajstić information content (AvgIpc) is 2.95. The predicted octanol–water partition coefficient (Wildman–Crippen LogP) is 4.45. The Kier molecular flexibility index (Phi) is 5.74. The third-order valence-corrected chi connectivity index (χ3v) is 7.74. The Labute approximate surface area is 140 Å². The van der Waals surface area contributed by atoms with Gasteiger partial charge in [0.1, 0.15) is 0 Å². The molecule has 1 fully saturated rings. The third kappa shape index (κ3) is 3.46. The van der Waals surface area contributed by atoms with Crippen LogP contribution in [0.5, 0.6) is 0 Å². The summed E-state index contributed by atoms with van der Waals surface area (Å²) < 4.78 is 28.4. The summed E-state index contributed by atoms with van der Waals surface area (Å²) in [5.41, 5.74) is 1.73. The predicted molar refractivity (Wildman–Crippen MR) is 90.3 cm³/mol. The fourth-order valence-corrected chi connectivity index (χ4v) is 5.90. The Morgan fingerprint density at radius 2 is 1.95 bits per heavy atom. The van der Waals surface area contributed by atoms with Gasteiger partial charge in [-0.3, -0.25) is 0 Å². The van der Waals surface area contributed by atoms with E-state index in [4.69, 9.17) is 11.6 Å². The van der Waals surface area contributed by atoms with E-state index in [1.54, 1.807) is 10.4 Å². The molecule has 2 rings (SSSR count). The van der Waals surface area contributed by atoms with E-state index in [0.717, 1.165) is 36.8 Å². The summed E-state index contributed by atoms with van der Waals surface area (Å²) in [7, 11) is -3.49. The minimum atomic E-state index is -3.49. The van der Waals surface area contributed by atoms with E-state index in [2.05, 4.69) is 15.9 Å². The molecule has 1 saturated carbocycles. The van der Waals surface area contributed by atoms with Crippen molar-refractivity contribution < 1.29 is 8.42 Å². The summed E-state index contributed by atoms with van der Waals surface area (Å²) in [4.78, 5) is 0.340. The second-order valence-corrected chi connectivity index (χ2v) is 8.42. The molecule has 1 aliphatic rings. The van der Waals surface area contributed by atoms with Crippen molar-refractivity contribution in [2.75, 3.05) is 6.54 Å². The number of aryl methyl sites for hydroxylation is 1. The average molecular weight is 395 g/mol. The zero-order valence-corrected chi connectivity index (χ0v) is 15.6. The second kappa shape index (κ2) is 6.99. The maximum absolute atomic E-state index is 13.0. The third-order valence-electron chi connectivity index (χ3n) is 4.07. The molecule has 0 radical (unpaired) electrons. The lowest BCUT2D eigenvalue weighted by molar-refractivity contribution is 0.335. The van der Waals surface area contributed by atoms with Gasteiger partial charge in [-0.2, -0.15) is 4.31 Å². The first-order valence-electron chi connectivity index (χ1n) is 7.28. The minimum absolute atomic E-state index is 0.131. The zero-order valence-electron chi connectivity index (χ0n) is 12.4. The second-order valence-electron chi connectivity index (χ2n) is 5.51. The molecular weight excluding hydrogens is 374 g/mol. The number of hydrogen-bond acceptors (Lipinski definition) is 2. The Balaban J connectivity index is 2.49. The van der Waals surface area contributed by atoms with Crippen LogP contribution in [-0.4, -0.2) is 25.3 Å². The number of halogens is 2. The minimum Gasteiger partial charge on any atom is -0.207 e. The Morgan fingerprint density at radius 1 is 1.33 bits per heavy atom. The molecule has 1 aromatic carbocycles. The van der Waals surface area contributed by atoms with Crippen LogP contribution in [-0.2, 0) is 15.9 Å². The maximum atomic E-state index is 13.0. The first kappa shape index (κ1) is 17.3. The van der Waals surface area contributed by atoms with Crippen LogP contribution in [0.15, 0.2) is 21.5 Å². The van der Waals surface area contributed by atoms with Crippen LogP contribution >= 0.6 is 27.5 Å². The van der Waals surface area contributed by atoms with Gasteiger partial charge in [0.15, 0.2) is 0 Å². The summed E-state index contributed by atoms with van der Waals surface area (Å²) in [5.74, 6) is 0.312. The van der Waals surface area contributed by atoms with Gasteiger partial charge in [-0.05, 0) is 52.9 Å². The van der Waals surface area contributed by atoms with Gasteiger partial charge >= 0.3 is 0 Å². The van der Waals surface area contributed by atoms with Crippen molar-refractivity contribution in [3.63, 3.8) is 0 Å². The molecule has 1 aliphatic carbocycles. The number of hydrogen-bond donors (Lipinski definition) is 0. The standard InChI is InChI=1S/C15H21BrClNO2S/c1-3-18(13-6-4-5-7-13)21(19,20)14-9-12(10-17)8-11(2)15(14)16/h8-9,13H,3-7,10H2,1-2H3. The molecule has 0 heterocycles. The van der Waals surface area contributed by atoms with Crippen molar-refractivity contribution >= 4 is 37.6 Å². The molecule has 0 spiro atoms. The molecule has 0 atom stereocenters. The summed E-state index contributed by atoms with van der Waals surface area (Å²) in [6.45, 7) is 4.30. The smallest absolute Gasteiger partial charge is 0.207 e. The van der Waals surface area contributed by atoms with Crippen LogP contribution in [0.2, 0.25) is 0 Å². The number of nitrogens with zero attached hydrogens (tertiary/aromatic N) is 1. The number of benzene rings is 1. The Morgan fingerprint density at radius 3 is 2.48 bits per heavy atom. The topological polar surface area (TPSA) is 37.4 Å². The Hall–Kier alpha value is -0.100. The van der Waals surface area contributed by atoms with Gasteiger partial charge < -0.3 is 0 Å². The molecular formula is C15H21BrClNO2S. The highest BCUT2D eigenvalue weighted by atomic mass is 79.9. The quantitative estimate of drug-likeness (QED) is 0.692. The van der Waals surface area contributed by atoms with Crippen molar-refractivity contribution in [2.45, 2.75) is 56.3 Å². The van der Waals surface area contributed by atoms with E-state index in [1.165, 1.54) is 0 Å². The lowest BCUT2D eigenvalue weighted by atomic mass is 10.2. The van der Waals surface area contributed by atoms with Crippen LogP contribution in [0.3, 0.4) is 0 Å². The molecule has 0 aliphatic heterocycles. The zero-order chi connectivity index (χ0) is 15.6. The largest absolute Gasteiger partial charge is 0.244 e. The number of rotatable bonds is 5. The SMILES string of the molecule is CCN(C1CCCC1)S(=O)(=O)c1cc(CCl)cc(C)c1Br. The fourth-order valence-electron chi connectivity index (χ4n) is 3.02. The molecule has 3 nitrogen and oxygen atoms in total. The molecule has 0 amide bonds. The normalized spacial score (nSPS) is 16.8. The van der Waals surface area contributed by atoms with E-state index in [-0.39, 0.29) is 6.04 Å². The van der Waals surface area contributed by atoms with Crippen molar-refractivity contribution in [2.24, 2.45) is 0 Å². The molecule has 21 heavy (non-hydrogen) atoms. The monoisotopic (exact) mass is 393 g/mol. The van der Waals surface area contributed by atoms with E-state index in [0.29, 0.717) is 21.8 Å². The highest BCUT2D eigenvalue weighted by Gasteiger charge is 2.33. The summed E-state index contributed by atoms with van der Waals surface area (Å²) in [6.07, 6.45) is 4.13. The van der Waals surface area contributed by atoms with Gasteiger partial charge in [0.05, 0.1) is 4.90 Å². The highest BCUT2D eigenvalue weighted by Crippen LogP contribution is 2.33. The van der Waals surface area contributed by atoms with Crippen molar-refractivity contribution in [1.82, 2.24) is 4.31 Å². The van der Waals surface area contributed by atoms with Crippen LogP contribution in [0.25, 0.3) is 0 Å². The lowest BCUT2D eigenvalue weighted by Gasteiger charge is -2.27. The molecule has 0 unspecified atom stereocenters. The van der Waals surface area contributed by atoms with Crippen molar-refractivity contribution in [3.8, 4) is 0 Å². The number of alkyl halides is 1. The fraction of sp³-hybridized carbons (Fsp3) is 0.600. The molecule has 0 N–H and O–H groups in total. The van der Waals surface area contributed by atoms with Gasteiger partial charge in [0.25, 0.3) is 0 Å². The van der Waals surface area contributed by atoms with E-state index in [1.807, 2.05) is 19.9 Å². The van der Waals surface area contributed by atoms with Gasteiger partial charge in [-0.25, -0.2) is 8.42 Å². The summed E-state index contributed by atoms with van der Waals surface area (Å²) in [5, 5.41) is 0. The molecule has 0 aromatic heterocycles. The van der Waals surface area contributed by atoms with E-state index in [9.17, 15) is 8.42 Å². The number of sulfonamides is 1. The highest BCUT2D eigenvalue weighted by molar-refractivity contribution is 9.10. The maximum Gasteiger partial charge on any atom is 0.244 e. The molecule has 118 valence electrons. The van der Waals surface area contributed by atoms with Crippen LogP contribution in [0.1, 0.15) is 43.7 Å². The lowest BCUT2D eigenvalue weighted by Crippen LogP contribution is -2.38. The molecule has 6 heteroatoms. The molecule has 1 aromatic rings. The summed E-state index contributed by atoms with van der Waals surface area (Å²) in [6, 6.07) is 3.74. The molecule has 0 saturated heterocycles. The van der Waals surface area contributed by atoms with E-state index < -0.39 is 10.0 Å². The van der Waals surface area contributed by atoms with Crippen LogP contribution in [0, 0.1) is 6.92 Å². The Bertz CT molecular complexity index is 612. The van der Waals surface area contributed by atoms with Gasteiger partial charge in [-0.15, -0.1) is 11.6 Å². The van der Waals surface area contributed by atoms with Crippen LogP contribution in [0.4, 0.5) is 0 Å². The van der Waals surface area contributed by atoms with Gasteiger partial charge in [0.2, 0.25) is 10.0 Å². The van der Waals surface area contributed by atoms with Gasteiger partial charge in [-0.1, -0.05) is 25.8 Å². The van der Waals surface area contributed by atoms with Crippen LogP contribution < -0.4 is 0 Å². The van der Waals surface area contributed by atoms with E-state index >= 15 is 0 Å². The summed E-state index contributed by atoms with van der Waals surface area (Å²) >= 11 is 9.33. The first-order valence-corrected chi connectivity index (χ1v) is 10.1. The molecule has 0 bridgehead atoms. The van der Waals surface area contributed by atoms with Crippen molar-refractivity contribution in [3.05, 3.63) is 27.7 Å². The van der Waals surface area contributed by atoms with Gasteiger partial charge in [0, 0.05) is 22.9 Å². The van der Waals surface area contributed by atoms with Crippen molar-refractivity contribution in [1.29, 1.82) is 0 Å².